The summed E-state index contributed by atoms with van der Waals surface area (Å²) in [5.74, 6) is -1.33. The molecular weight excluding hydrogens is 350 g/mol. The molecule has 1 fully saturated rings. The lowest BCUT2D eigenvalue weighted by molar-refractivity contribution is -0.139. The zero-order valence-electron chi connectivity index (χ0n) is 13.6. The normalized spacial score (nSPS) is 18.1. The van der Waals surface area contributed by atoms with Crippen molar-refractivity contribution >= 4 is 41.2 Å². The highest BCUT2D eigenvalue weighted by Crippen LogP contribution is 2.36. The first kappa shape index (κ1) is 17.2. The fourth-order valence-electron chi connectivity index (χ4n) is 2.65. The van der Waals surface area contributed by atoms with Gasteiger partial charge < -0.3 is 14.5 Å². The molecule has 8 nitrogen and oxygen atoms in total. The van der Waals surface area contributed by atoms with Gasteiger partial charge in [0.25, 0.3) is 5.91 Å². The van der Waals surface area contributed by atoms with Crippen molar-refractivity contribution in [2.24, 2.45) is 11.0 Å². The molecule has 0 unspecified atom stereocenters. The SMILES string of the molecule is COC(=O)Cc1c(Cl)[nH]c(/C=C2/C(=O)NN=C2C2CC2)c1C(=O)OC. The number of aromatic nitrogens is 1. The van der Waals surface area contributed by atoms with Gasteiger partial charge in [-0.15, -0.1) is 0 Å². The molecule has 1 aliphatic carbocycles. The lowest BCUT2D eigenvalue weighted by atomic mass is 10.0. The van der Waals surface area contributed by atoms with Crippen LogP contribution in [-0.4, -0.2) is 42.8 Å². The van der Waals surface area contributed by atoms with Crippen molar-refractivity contribution in [3.8, 4) is 0 Å². The fraction of sp³-hybridized carbons (Fsp3) is 0.375. The maximum atomic E-state index is 12.2. The summed E-state index contributed by atoms with van der Waals surface area (Å²) in [7, 11) is 2.46. The number of ether oxygens (including phenoxy) is 2. The first-order valence-corrected chi connectivity index (χ1v) is 7.99. The van der Waals surface area contributed by atoms with Crippen molar-refractivity contribution in [2.75, 3.05) is 14.2 Å². The van der Waals surface area contributed by atoms with Crippen LogP contribution in [0.25, 0.3) is 6.08 Å². The van der Waals surface area contributed by atoms with Crippen LogP contribution in [0.15, 0.2) is 10.7 Å². The van der Waals surface area contributed by atoms with E-state index in [0.29, 0.717) is 11.3 Å². The summed E-state index contributed by atoms with van der Waals surface area (Å²) in [6.45, 7) is 0. The molecule has 0 saturated heterocycles. The monoisotopic (exact) mass is 365 g/mol. The quantitative estimate of drug-likeness (QED) is 0.606. The number of hydrogen-bond acceptors (Lipinski definition) is 6. The van der Waals surface area contributed by atoms with Crippen molar-refractivity contribution in [2.45, 2.75) is 19.3 Å². The zero-order chi connectivity index (χ0) is 18.1. The Morgan fingerprint density at radius 2 is 2.04 bits per heavy atom. The molecule has 132 valence electrons. The number of nitrogens with one attached hydrogen (secondary N) is 2. The van der Waals surface area contributed by atoms with E-state index in [9.17, 15) is 14.4 Å². The molecule has 1 aromatic rings. The van der Waals surface area contributed by atoms with Crippen LogP contribution in [0.4, 0.5) is 0 Å². The van der Waals surface area contributed by atoms with E-state index in [1.165, 1.54) is 20.3 Å². The van der Waals surface area contributed by atoms with E-state index in [-0.39, 0.29) is 40.2 Å². The summed E-state index contributed by atoms with van der Waals surface area (Å²) < 4.78 is 9.43. The van der Waals surface area contributed by atoms with Crippen LogP contribution in [0.3, 0.4) is 0 Å². The van der Waals surface area contributed by atoms with Crippen LogP contribution >= 0.6 is 11.6 Å². The summed E-state index contributed by atoms with van der Waals surface area (Å²) >= 11 is 6.15. The number of amides is 1. The predicted octanol–water partition coefficient (Wildman–Crippen LogP) is 1.45. The highest BCUT2D eigenvalue weighted by atomic mass is 35.5. The molecule has 2 heterocycles. The lowest BCUT2D eigenvalue weighted by Gasteiger charge is -2.04. The molecule has 2 aliphatic rings. The van der Waals surface area contributed by atoms with Crippen LogP contribution in [0.2, 0.25) is 5.15 Å². The van der Waals surface area contributed by atoms with E-state index in [2.05, 4.69) is 20.2 Å². The van der Waals surface area contributed by atoms with Gasteiger partial charge in [-0.3, -0.25) is 9.59 Å². The average Bonchev–Trinajstić information content (AvgIpc) is 3.31. The summed E-state index contributed by atoms with van der Waals surface area (Å²) in [6, 6.07) is 0. The molecule has 2 N–H and O–H groups in total. The van der Waals surface area contributed by atoms with Crippen LogP contribution < -0.4 is 5.43 Å². The minimum absolute atomic E-state index is 0.0975. The minimum Gasteiger partial charge on any atom is -0.469 e. The summed E-state index contributed by atoms with van der Waals surface area (Å²) in [4.78, 5) is 38.7. The molecule has 1 amide bonds. The number of carbonyl (C=O) groups excluding carboxylic acids is 3. The predicted molar refractivity (Wildman–Crippen MR) is 89.1 cm³/mol. The van der Waals surface area contributed by atoms with E-state index in [1.807, 2.05) is 0 Å². The first-order valence-electron chi connectivity index (χ1n) is 7.61. The Balaban J connectivity index is 2.06. The standard InChI is InChI=1S/C16H16ClN3O5/c1-24-11(21)6-8-12(16(23)25-2)10(18-14(8)17)5-9-13(7-3-4-7)19-20-15(9)22/h5,7,18H,3-4,6H2,1-2H3,(H,20,22)/b9-5+. The van der Waals surface area contributed by atoms with Crippen molar-refractivity contribution in [1.29, 1.82) is 0 Å². The Bertz CT molecular complexity index is 820. The molecule has 1 aliphatic heterocycles. The minimum atomic E-state index is -0.669. The third-order valence-corrected chi connectivity index (χ3v) is 4.39. The summed E-state index contributed by atoms with van der Waals surface area (Å²) in [5, 5.41) is 4.17. The van der Waals surface area contributed by atoms with Crippen LogP contribution in [-0.2, 0) is 25.5 Å². The molecule has 9 heteroatoms. The van der Waals surface area contributed by atoms with Gasteiger partial charge in [-0.2, -0.15) is 5.10 Å². The van der Waals surface area contributed by atoms with Gasteiger partial charge in [0.15, 0.2) is 0 Å². The Labute approximate surface area is 148 Å². The molecule has 0 radical (unpaired) electrons. The Morgan fingerprint density at radius 3 is 2.64 bits per heavy atom. The van der Waals surface area contributed by atoms with E-state index < -0.39 is 11.9 Å². The number of methoxy groups -OCH3 is 2. The van der Waals surface area contributed by atoms with Gasteiger partial charge in [-0.25, -0.2) is 10.2 Å². The van der Waals surface area contributed by atoms with E-state index in [4.69, 9.17) is 16.3 Å². The highest BCUT2D eigenvalue weighted by molar-refractivity contribution is 6.32. The largest absolute Gasteiger partial charge is 0.469 e. The lowest BCUT2D eigenvalue weighted by Crippen LogP contribution is -2.14. The molecular formula is C16H16ClN3O5. The number of esters is 2. The van der Waals surface area contributed by atoms with Gasteiger partial charge in [0.05, 0.1) is 43.2 Å². The van der Waals surface area contributed by atoms with Crippen molar-refractivity contribution in [1.82, 2.24) is 10.4 Å². The van der Waals surface area contributed by atoms with Gasteiger partial charge in [0, 0.05) is 11.5 Å². The zero-order valence-corrected chi connectivity index (χ0v) is 14.4. The number of hydrazone groups is 1. The second-order valence-electron chi connectivity index (χ2n) is 5.72. The van der Waals surface area contributed by atoms with Crippen molar-refractivity contribution in [3.05, 3.63) is 27.5 Å². The first-order chi connectivity index (χ1) is 12.0. The number of H-pyrrole nitrogens is 1. The van der Waals surface area contributed by atoms with Crippen molar-refractivity contribution in [3.63, 3.8) is 0 Å². The molecule has 3 rings (SSSR count). The molecule has 0 bridgehead atoms. The van der Waals surface area contributed by atoms with E-state index in [1.54, 1.807) is 0 Å². The molecule has 25 heavy (non-hydrogen) atoms. The Hall–Kier alpha value is -2.61. The number of hydrogen-bond donors (Lipinski definition) is 2. The number of carbonyl (C=O) groups is 3. The van der Waals surface area contributed by atoms with Crippen LogP contribution in [0.5, 0.6) is 0 Å². The fourth-order valence-corrected chi connectivity index (χ4v) is 2.92. The van der Waals surface area contributed by atoms with Crippen LogP contribution in [0, 0.1) is 5.92 Å². The molecule has 0 aromatic carbocycles. The second kappa shape index (κ2) is 6.72. The second-order valence-corrected chi connectivity index (χ2v) is 6.10. The third-order valence-electron chi connectivity index (χ3n) is 4.07. The topological polar surface area (TPSA) is 110 Å². The van der Waals surface area contributed by atoms with E-state index >= 15 is 0 Å². The van der Waals surface area contributed by atoms with Crippen molar-refractivity contribution < 1.29 is 23.9 Å². The Kier molecular flexibility index (Phi) is 4.63. The van der Waals surface area contributed by atoms with Crippen LogP contribution in [0.1, 0.15) is 34.5 Å². The molecule has 0 spiro atoms. The maximum absolute atomic E-state index is 12.2. The van der Waals surface area contributed by atoms with Gasteiger partial charge in [-0.05, 0) is 18.9 Å². The maximum Gasteiger partial charge on any atom is 0.340 e. The number of rotatable bonds is 5. The van der Waals surface area contributed by atoms with Gasteiger partial charge in [-0.1, -0.05) is 11.6 Å². The van der Waals surface area contributed by atoms with Gasteiger partial charge in [0.2, 0.25) is 0 Å². The summed E-state index contributed by atoms with van der Waals surface area (Å²) in [5.41, 5.74) is 4.11. The Morgan fingerprint density at radius 1 is 1.32 bits per heavy atom. The molecule has 1 aromatic heterocycles. The molecule has 1 saturated carbocycles. The smallest absolute Gasteiger partial charge is 0.340 e. The molecule has 0 atom stereocenters. The average molecular weight is 366 g/mol. The van der Waals surface area contributed by atoms with E-state index in [0.717, 1.165) is 12.8 Å². The highest BCUT2D eigenvalue weighted by Gasteiger charge is 2.36. The number of aromatic amines is 1. The third kappa shape index (κ3) is 3.30. The summed E-state index contributed by atoms with van der Waals surface area (Å²) in [6.07, 6.45) is 3.25. The number of nitrogens with zero attached hydrogens (tertiary/aromatic N) is 1. The van der Waals surface area contributed by atoms with Gasteiger partial charge >= 0.3 is 11.9 Å². The number of halogens is 1. The van der Waals surface area contributed by atoms with Gasteiger partial charge in [0.1, 0.15) is 5.15 Å².